The van der Waals surface area contributed by atoms with E-state index >= 15 is 0 Å². The fourth-order valence-corrected chi connectivity index (χ4v) is 0.997. The summed E-state index contributed by atoms with van der Waals surface area (Å²) >= 11 is 5.48. The molecule has 0 radical (unpaired) electrons. The Labute approximate surface area is 77.5 Å². The summed E-state index contributed by atoms with van der Waals surface area (Å²) in [5.74, 6) is 0. The van der Waals surface area contributed by atoms with Crippen LogP contribution in [-0.2, 0) is 0 Å². The first-order valence-electron chi connectivity index (χ1n) is 3.25. The number of alkyl halides is 2. The SMILES string of the molecule is Nc1c(Cl)cc(C=O)nc1C(F)F. The molecule has 0 atom stereocenters. The van der Waals surface area contributed by atoms with Gasteiger partial charge in [-0.15, -0.1) is 0 Å². The van der Waals surface area contributed by atoms with Crippen LogP contribution in [0.15, 0.2) is 6.07 Å². The second-order valence-corrected chi connectivity index (χ2v) is 2.65. The summed E-state index contributed by atoms with van der Waals surface area (Å²) in [4.78, 5) is 13.6. The van der Waals surface area contributed by atoms with Crippen LogP contribution in [0.3, 0.4) is 0 Å². The zero-order valence-corrected chi connectivity index (χ0v) is 7.05. The summed E-state index contributed by atoms with van der Waals surface area (Å²) in [6.07, 6.45) is -2.51. The maximum Gasteiger partial charge on any atom is 0.282 e. The van der Waals surface area contributed by atoms with Gasteiger partial charge in [0.25, 0.3) is 6.43 Å². The van der Waals surface area contributed by atoms with Crippen molar-refractivity contribution in [2.75, 3.05) is 5.73 Å². The van der Waals surface area contributed by atoms with Crippen molar-refractivity contribution in [2.24, 2.45) is 0 Å². The van der Waals surface area contributed by atoms with Gasteiger partial charge in [0.15, 0.2) is 6.29 Å². The van der Waals surface area contributed by atoms with E-state index in [4.69, 9.17) is 17.3 Å². The molecule has 0 aromatic carbocycles. The number of nitrogens with zero attached hydrogens (tertiary/aromatic N) is 1. The van der Waals surface area contributed by atoms with Gasteiger partial charge in [0, 0.05) is 0 Å². The van der Waals surface area contributed by atoms with Crippen molar-refractivity contribution in [3.05, 3.63) is 22.5 Å². The summed E-state index contributed by atoms with van der Waals surface area (Å²) in [5, 5.41) is -0.0904. The quantitative estimate of drug-likeness (QED) is 0.754. The predicted octanol–water partition coefficient (Wildman–Crippen LogP) is 2.07. The van der Waals surface area contributed by atoms with Gasteiger partial charge in [-0.3, -0.25) is 4.79 Å². The van der Waals surface area contributed by atoms with E-state index in [9.17, 15) is 13.6 Å². The standard InChI is InChI=1S/C7H5ClF2N2O/c8-4-1-3(2-13)12-6(5(4)11)7(9)10/h1-2,7H,11H2. The predicted molar refractivity (Wildman–Crippen MR) is 44.0 cm³/mol. The van der Waals surface area contributed by atoms with Crippen molar-refractivity contribution in [3.8, 4) is 0 Å². The molecule has 0 unspecified atom stereocenters. The lowest BCUT2D eigenvalue weighted by Gasteiger charge is -2.05. The van der Waals surface area contributed by atoms with Crippen LogP contribution >= 0.6 is 11.6 Å². The average Bonchev–Trinajstić information content (AvgIpc) is 2.09. The number of halogens is 3. The zero-order chi connectivity index (χ0) is 10.0. The van der Waals surface area contributed by atoms with Crippen LogP contribution in [-0.4, -0.2) is 11.3 Å². The van der Waals surface area contributed by atoms with Crippen LogP contribution < -0.4 is 5.73 Å². The number of aldehydes is 1. The van der Waals surface area contributed by atoms with E-state index in [0.717, 1.165) is 6.07 Å². The highest BCUT2D eigenvalue weighted by Crippen LogP contribution is 2.29. The topological polar surface area (TPSA) is 56.0 Å². The summed E-state index contributed by atoms with van der Waals surface area (Å²) < 4.78 is 24.4. The molecule has 2 N–H and O–H groups in total. The number of hydrogen-bond donors (Lipinski definition) is 1. The lowest BCUT2D eigenvalue weighted by atomic mass is 10.2. The normalized spacial score (nSPS) is 10.5. The number of carbonyl (C=O) groups excluding carboxylic acids is 1. The molecule has 0 spiro atoms. The highest BCUT2D eigenvalue weighted by molar-refractivity contribution is 6.33. The Kier molecular flexibility index (Phi) is 2.77. The Morgan fingerprint density at radius 3 is 2.69 bits per heavy atom. The number of anilines is 1. The van der Waals surface area contributed by atoms with Gasteiger partial charge in [-0.05, 0) is 6.07 Å². The van der Waals surface area contributed by atoms with Gasteiger partial charge in [-0.2, -0.15) is 0 Å². The summed E-state index contributed by atoms with van der Waals surface area (Å²) in [6, 6.07) is 1.13. The van der Waals surface area contributed by atoms with Crippen LogP contribution in [0, 0.1) is 0 Å². The van der Waals surface area contributed by atoms with E-state index in [0.29, 0.717) is 6.29 Å². The lowest BCUT2D eigenvalue weighted by Crippen LogP contribution is -2.02. The van der Waals surface area contributed by atoms with Gasteiger partial charge in [0.1, 0.15) is 11.4 Å². The molecule has 13 heavy (non-hydrogen) atoms. The molecule has 0 fully saturated rings. The summed E-state index contributed by atoms with van der Waals surface area (Å²) in [6.45, 7) is 0. The Bertz CT molecular complexity index is 344. The number of rotatable bonds is 2. The van der Waals surface area contributed by atoms with Gasteiger partial charge < -0.3 is 5.73 Å². The summed E-state index contributed by atoms with van der Waals surface area (Å²) in [5.41, 5.74) is 4.11. The average molecular weight is 207 g/mol. The third-order valence-corrected chi connectivity index (χ3v) is 1.70. The molecule has 1 rings (SSSR count). The molecule has 0 bridgehead atoms. The van der Waals surface area contributed by atoms with Gasteiger partial charge in [-0.1, -0.05) is 11.6 Å². The first kappa shape index (κ1) is 9.85. The smallest absolute Gasteiger partial charge is 0.282 e. The second-order valence-electron chi connectivity index (χ2n) is 2.25. The van der Waals surface area contributed by atoms with E-state index in [-0.39, 0.29) is 16.4 Å². The first-order valence-corrected chi connectivity index (χ1v) is 3.63. The molecule has 6 heteroatoms. The Morgan fingerprint density at radius 2 is 2.23 bits per heavy atom. The monoisotopic (exact) mass is 206 g/mol. The number of pyridine rings is 1. The maximum absolute atomic E-state index is 12.2. The van der Waals surface area contributed by atoms with E-state index in [1.807, 2.05) is 0 Å². The third-order valence-electron chi connectivity index (χ3n) is 1.38. The molecule has 0 amide bonds. The number of nitrogen functional groups attached to an aromatic ring is 1. The third kappa shape index (κ3) is 1.92. The second kappa shape index (κ2) is 3.66. The fourth-order valence-electron chi connectivity index (χ4n) is 0.788. The molecular formula is C7H5ClF2N2O. The molecular weight excluding hydrogens is 202 g/mol. The van der Waals surface area contributed by atoms with Crippen LogP contribution in [0.25, 0.3) is 0 Å². The minimum atomic E-state index is -2.84. The van der Waals surface area contributed by atoms with E-state index < -0.39 is 12.1 Å². The maximum atomic E-state index is 12.2. The number of aromatic nitrogens is 1. The highest BCUT2D eigenvalue weighted by Gasteiger charge is 2.16. The lowest BCUT2D eigenvalue weighted by molar-refractivity contribution is 0.111. The molecule has 1 aromatic rings. The largest absolute Gasteiger partial charge is 0.396 e. The van der Waals surface area contributed by atoms with Crippen molar-refractivity contribution in [1.29, 1.82) is 0 Å². The molecule has 0 aliphatic rings. The van der Waals surface area contributed by atoms with Crippen LogP contribution in [0.1, 0.15) is 22.6 Å². The Balaban J connectivity index is 3.32. The van der Waals surface area contributed by atoms with E-state index in [1.54, 1.807) is 0 Å². The molecule has 70 valence electrons. The van der Waals surface area contributed by atoms with Crippen LogP contribution in [0.5, 0.6) is 0 Å². The van der Waals surface area contributed by atoms with Crippen LogP contribution in [0.2, 0.25) is 5.02 Å². The fraction of sp³-hybridized carbons (Fsp3) is 0.143. The first-order chi connectivity index (χ1) is 6.06. The molecule has 1 aromatic heterocycles. The van der Waals surface area contributed by atoms with E-state index in [1.165, 1.54) is 0 Å². The van der Waals surface area contributed by atoms with Gasteiger partial charge in [-0.25, -0.2) is 13.8 Å². The minimum absolute atomic E-state index is 0.0904. The molecule has 3 nitrogen and oxygen atoms in total. The number of hydrogen-bond acceptors (Lipinski definition) is 3. The highest BCUT2D eigenvalue weighted by atomic mass is 35.5. The van der Waals surface area contributed by atoms with Crippen molar-refractivity contribution in [3.63, 3.8) is 0 Å². The molecule has 0 aliphatic heterocycles. The summed E-state index contributed by atoms with van der Waals surface area (Å²) in [7, 11) is 0. The van der Waals surface area contributed by atoms with Gasteiger partial charge >= 0.3 is 0 Å². The molecule has 1 heterocycles. The Morgan fingerprint density at radius 1 is 1.62 bits per heavy atom. The number of carbonyl (C=O) groups is 1. The van der Waals surface area contributed by atoms with E-state index in [2.05, 4.69) is 4.98 Å². The van der Waals surface area contributed by atoms with Crippen LogP contribution in [0.4, 0.5) is 14.5 Å². The molecule has 0 saturated carbocycles. The van der Waals surface area contributed by atoms with Crippen molar-refractivity contribution in [2.45, 2.75) is 6.43 Å². The molecule has 0 aliphatic carbocycles. The minimum Gasteiger partial charge on any atom is -0.396 e. The van der Waals surface area contributed by atoms with Gasteiger partial charge in [0.2, 0.25) is 0 Å². The van der Waals surface area contributed by atoms with Crippen molar-refractivity contribution >= 4 is 23.6 Å². The van der Waals surface area contributed by atoms with Gasteiger partial charge in [0.05, 0.1) is 10.7 Å². The van der Waals surface area contributed by atoms with Crippen molar-refractivity contribution < 1.29 is 13.6 Å². The van der Waals surface area contributed by atoms with Crippen molar-refractivity contribution in [1.82, 2.24) is 4.98 Å². The Hall–Kier alpha value is -1.23. The zero-order valence-electron chi connectivity index (χ0n) is 6.30. The molecule has 0 saturated heterocycles. The number of nitrogens with two attached hydrogens (primary N) is 1.